The predicted molar refractivity (Wildman–Crippen MR) is 134 cm³/mol. The summed E-state index contributed by atoms with van der Waals surface area (Å²) in [7, 11) is 0. The van der Waals surface area contributed by atoms with Gasteiger partial charge in [0.2, 0.25) is 0 Å². The third-order valence-corrected chi connectivity index (χ3v) is 6.64. The molecule has 2 aromatic heterocycles. The molecule has 0 spiro atoms. The van der Waals surface area contributed by atoms with Gasteiger partial charge in [-0.25, -0.2) is 9.78 Å². The average molecular weight is 508 g/mol. The molecule has 0 radical (unpaired) electrons. The summed E-state index contributed by atoms with van der Waals surface area (Å²) in [6.45, 7) is 5.99. The van der Waals surface area contributed by atoms with Gasteiger partial charge < -0.3 is 14.6 Å². The molecule has 9 nitrogen and oxygen atoms in total. The second-order valence-electron chi connectivity index (χ2n) is 7.96. The number of pyridine rings is 1. The van der Waals surface area contributed by atoms with Gasteiger partial charge in [0.25, 0.3) is 5.78 Å². The van der Waals surface area contributed by atoms with Crippen LogP contribution in [0.5, 0.6) is 5.75 Å². The Balaban J connectivity index is 1.86. The van der Waals surface area contributed by atoms with Gasteiger partial charge in [0, 0.05) is 18.0 Å². The van der Waals surface area contributed by atoms with E-state index in [2.05, 4.69) is 9.97 Å². The molecule has 186 valence electrons. The molecule has 1 aliphatic heterocycles. The van der Waals surface area contributed by atoms with Crippen LogP contribution in [0.1, 0.15) is 52.8 Å². The van der Waals surface area contributed by atoms with Gasteiger partial charge in [-0.15, -0.1) is 0 Å². The minimum Gasteiger partial charge on any atom is -0.507 e. The van der Waals surface area contributed by atoms with Crippen LogP contribution in [-0.2, 0) is 14.3 Å². The summed E-state index contributed by atoms with van der Waals surface area (Å²) < 4.78 is 10.8. The number of aromatic nitrogens is 2. The SMILES string of the molecule is CCCOc1cccc(C(O)=C2C(=O)C(=O)N(c3nc(C)c(C(=O)OCC)s3)C2c2ccncc2)c1. The first kappa shape index (κ1) is 25.1. The number of Topliss-reactive ketones (excluding diaryl/α,β-unsaturated/α-hetero) is 1. The van der Waals surface area contributed by atoms with Crippen molar-refractivity contribution in [1.82, 2.24) is 9.97 Å². The van der Waals surface area contributed by atoms with Gasteiger partial charge in [0.15, 0.2) is 5.13 Å². The maximum atomic E-state index is 13.3. The minimum absolute atomic E-state index is 0.0932. The first-order valence-electron chi connectivity index (χ1n) is 11.5. The molecule has 0 bridgehead atoms. The molecule has 1 saturated heterocycles. The summed E-state index contributed by atoms with van der Waals surface area (Å²) in [5.41, 5.74) is 1.17. The number of amides is 1. The Hall–Kier alpha value is -4.05. The predicted octanol–water partition coefficient (Wildman–Crippen LogP) is 4.44. The normalized spacial score (nSPS) is 16.9. The highest BCUT2D eigenvalue weighted by atomic mass is 32.1. The Morgan fingerprint density at radius 1 is 1.17 bits per heavy atom. The van der Waals surface area contributed by atoms with E-state index in [4.69, 9.17) is 9.47 Å². The van der Waals surface area contributed by atoms with Crippen molar-refractivity contribution in [3.8, 4) is 5.75 Å². The standard InChI is InChI=1S/C26H25N3O6S/c1-4-13-35-18-8-6-7-17(14-18)21(30)19-20(16-9-11-27-12-10-16)29(24(32)22(19)31)26-28-15(3)23(36-26)25(33)34-5-2/h6-12,14,20,30H,4-5,13H2,1-3H3. The Bertz CT molecular complexity index is 1330. The monoisotopic (exact) mass is 507 g/mol. The van der Waals surface area contributed by atoms with Crippen molar-refractivity contribution in [2.24, 2.45) is 0 Å². The van der Waals surface area contributed by atoms with Gasteiger partial charge in [-0.05, 0) is 50.1 Å². The van der Waals surface area contributed by atoms with Gasteiger partial charge in [-0.1, -0.05) is 30.4 Å². The molecular formula is C26H25N3O6S. The number of carbonyl (C=O) groups is 3. The number of esters is 1. The van der Waals surface area contributed by atoms with Crippen molar-refractivity contribution >= 4 is 39.9 Å². The van der Waals surface area contributed by atoms with E-state index in [9.17, 15) is 19.5 Å². The quantitative estimate of drug-likeness (QED) is 0.206. The molecule has 3 aromatic rings. The third-order valence-electron chi connectivity index (χ3n) is 5.50. The highest BCUT2D eigenvalue weighted by Crippen LogP contribution is 2.44. The van der Waals surface area contributed by atoms with Gasteiger partial charge >= 0.3 is 11.9 Å². The molecule has 1 N–H and O–H groups in total. The lowest BCUT2D eigenvalue weighted by molar-refractivity contribution is -0.132. The van der Waals surface area contributed by atoms with Crippen molar-refractivity contribution in [3.05, 3.63) is 76.1 Å². The fourth-order valence-corrected chi connectivity index (χ4v) is 4.86. The van der Waals surface area contributed by atoms with Crippen molar-refractivity contribution in [2.75, 3.05) is 18.1 Å². The number of aryl methyl sites for hydroxylation is 1. The van der Waals surface area contributed by atoms with E-state index in [-0.39, 0.29) is 27.9 Å². The Morgan fingerprint density at radius 3 is 2.61 bits per heavy atom. The summed E-state index contributed by atoms with van der Waals surface area (Å²) in [5, 5.41) is 11.4. The molecular weight excluding hydrogens is 482 g/mol. The van der Waals surface area contributed by atoms with Crippen molar-refractivity contribution in [1.29, 1.82) is 0 Å². The average Bonchev–Trinajstić information content (AvgIpc) is 3.40. The van der Waals surface area contributed by atoms with Gasteiger partial charge in [0.1, 0.15) is 16.4 Å². The number of anilines is 1. The van der Waals surface area contributed by atoms with E-state index in [1.54, 1.807) is 50.2 Å². The molecule has 10 heteroatoms. The number of rotatable bonds is 8. The lowest BCUT2D eigenvalue weighted by atomic mass is 9.96. The number of nitrogens with zero attached hydrogens (tertiary/aromatic N) is 3. The Labute approximate surface area is 212 Å². The Kier molecular flexibility index (Phi) is 7.44. The smallest absolute Gasteiger partial charge is 0.350 e. The van der Waals surface area contributed by atoms with E-state index >= 15 is 0 Å². The van der Waals surface area contributed by atoms with Crippen molar-refractivity contribution in [3.63, 3.8) is 0 Å². The van der Waals surface area contributed by atoms with Gasteiger partial charge in [-0.2, -0.15) is 0 Å². The fraction of sp³-hybridized carbons (Fsp3) is 0.269. The molecule has 4 rings (SSSR count). The first-order valence-corrected chi connectivity index (χ1v) is 12.3. The maximum Gasteiger partial charge on any atom is 0.350 e. The number of hydrogen-bond donors (Lipinski definition) is 1. The zero-order valence-corrected chi connectivity index (χ0v) is 20.9. The molecule has 0 aliphatic carbocycles. The number of carbonyl (C=O) groups excluding carboxylic acids is 3. The molecule has 1 aliphatic rings. The van der Waals surface area contributed by atoms with E-state index in [0.29, 0.717) is 29.2 Å². The highest BCUT2D eigenvalue weighted by molar-refractivity contribution is 7.17. The number of ketones is 1. The number of aliphatic hydroxyl groups excluding tert-OH is 1. The molecule has 1 amide bonds. The van der Waals surface area contributed by atoms with Crippen LogP contribution in [0.4, 0.5) is 5.13 Å². The number of ether oxygens (including phenoxy) is 2. The number of hydrogen-bond acceptors (Lipinski definition) is 9. The van der Waals surface area contributed by atoms with E-state index in [1.807, 2.05) is 6.92 Å². The van der Waals surface area contributed by atoms with E-state index < -0.39 is 23.7 Å². The summed E-state index contributed by atoms with van der Waals surface area (Å²) in [4.78, 5) is 48.8. The second kappa shape index (κ2) is 10.7. The van der Waals surface area contributed by atoms with Gasteiger partial charge in [-0.3, -0.25) is 19.5 Å². The second-order valence-corrected chi connectivity index (χ2v) is 8.93. The molecule has 1 fully saturated rings. The number of thiazole rings is 1. The van der Waals surface area contributed by atoms with Crippen LogP contribution in [0.15, 0.2) is 54.4 Å². The van der Waals surface area contributed by atoms with Crippen LogP contribution in [0.3, 0.4) is 0 Å². The number of benzene rings is 1. The van der Waals surface area contributed by atoms with Crippen LogP contribution in [0, 0.1) is 6.92 Å². The fourth-order valence-electron chi connectivity index (χ4n) is 3.87. The molecule has 3 heterocycles. The highest BCUT2D eigenvalue weighted by Gasteiger charge is 2.48. The summed E-state index contributed by atoms with van der Waals surface area (Å²) >= 11 is 0.957. The van der Waals surface area contributed by atoms with Crippen LogP contribution in [-0.4, -0.2) is 45.9 Å². The van der Waals surface area contributed by atoms with Gasteiger partial charge in [0.05, 0.1) is 30.5 Å². The topological polar surface area (TPSA) is 119 Å². The third kappa shape index (κ3) is 4.72. The first-order chi connectivity index (χ1) is 17.4. The van der Waals surface area contributed by atoms with Crippen LogP contribution < -0.4 is 9.64 Å². The lowest BCUT2D eigenvalue weighted by Gasteiger charge is -2.22. The number of aliphatic hydroxyl groups is 1. The molecule has 36 heavy (non-hydrogen) atoms. The largest absolute Gasteiger partial charge is 0.507 e. The van der Waals surface area contributed by atoms with E-state index in [0.717, 1.165) is 17.8 Å². The molecule has 1 aromatic carbocycles. The van der Waals surface area contributed by atoms with Crippen molar-refractivity contribution in [2.45, 2.75) is 33.2 Å². The molecule has 1 unspecified atom stereocenters. The van der Waals surface area contributed by atoms with Crippen LogP contribution in [0.2, 0.25) is 0 Å². The summed E-state index contributed by atoms with van der Waals surface area (Å²) in [6, 6.07) is 9.04. The lowest BCUT2D eigenvalue weighted by Crippen LogP contribution is -2.29. The zero-order chi connectivity index (χ0) is 25.8. The minimum atomic E-state index is -0.978. The Morgan fingerprint density at radius 2 is 1.92 bits per heavy atom. The summed E-state index contributed by atoms with van der Waals surface area (Å²) in [6.07, 6.45) is 3.88. The molecule has 0 saturated carbocycles. The van der Waals surface area contributed by atoms with Crippen molar-refractivity contribution < 1.29 is 29.0 Å². The summed E-state index contributed by atoms with van der Waals surface area (Å²) in [5.74, 6) is -2.08. The zero-order valence-electron chi connectivity index (χ0n) is 20.1. The van der Waals surface area contributed by atoms with Crippen LogP contribution in [0.25, 0.3) is 5.76 Å². The maximum absolute atomic E-state index is 13.3. The molecule has 1 atom stereocenters. The van der Waals surface area contributed by atoms with Crippen LogP contribution >= 0.6 is 11.3 Å². The van der Waals surface area contributed by atoms with E-state index in [1.165, 1.54) is 17.3 Å².